The molecule has 1 heterocycles. The van der Waals surface area contributed by atoms with E-state index in [0.717, 1.165) is 25.6 Å². The third-order valence-corrected chi connectivity index (χ3v) is 5.26. The molecule has 0 bridgehead atoms. The SMILES string of the molecule is N#CCN1CC(NCC2CCCC2)CC(c2ccccc2)C1. The quantitative estimate of drug-likeness (QED) is 0.849. The molecule has 3 heteroatoms. The molecule has 1 N–H and O–H groups in total. The maximum atomic E-state index is 9.05. The summed E-state index contributed by atoms with van der Waals surface area (Å²) in [7, 11) is 0. The summed E-state index contributed by atoms with van der Waals surface area (Å²) in [6.07, 6.45) is 6.79. The van der Waals surface area contributed by atoms with Crippen molar-refractivity contribution in [2.24, 2.45) is 5.92 Å². The fourth-order valence-electron chi connectivity index (χ4n) is 4.08. The first-order valence-electron chi connectivity index (χ1n) is 8.73. The van der Waals surface area contributed by atoms with Crippen LogP contribution in [0.5, 0.6) is 0 Å². The standard InChI is InChI=1S/C19H27N3/c20-10-11-22-14-18(17-8-2-1-3-9-17)12-19(15-22)21-13-16-6-4-5-7-16/h1-3,8-9,16,18-19,21H,4-7,11-15H2. The number of likely N-dealkylation sites (tertiary alicyclic amines) is 1. The minimum absolute atomic E-state index is 0.521. The van der Waals surface area contributed by atoms with Crippen molar-refractivity contribution in [3.8, 4) is 6.07 Å². The number of hydrogen-bond donors (Lipinski definition) is 1. The average Bonchev–Trinajstić information content (AvgIpc) is 3.07. The van der Waals surface area contributed by atoms with Crippen molar-refractivity contribution < 1.29 is 0 Å². The molecule has 2 fully saturated rings. The van der Waals surface area contributed by atoms with Gasteiger partial charge in [-0.3, -0.25) is 4.90 Å². The van der Waals surface area contributed by atoms with Crippen LogP contribution in [0.4, 0.5) is 0 Å². The van der Waals surface area contributed by atoms with Gasteiger partial charge in [0.15, 0.2) is 0 Å². The third kappa shape index (κ3) is 4.09. The van der Waals surface area contributed by atoms with Gasteiger partial charge in [0.1, 0.15) is 0 Å². The molecule has 0 aromatic heterocycles. The summed E-state index contributed by atoms with van der Waals surface area (Å²) >= 11 is 0. The van der Waals surface area contributed by atoms with Crippen LogP contribution in [0.3, 0.4) is 0 Å². The molecular formula is C19H27N3. The van der Waals surface area contributed by atoms with Crippen LogP contribution in [0.1, 0.15) is 43.6 Å². The van der Waals surface area contributed by atoms with Crippen molar-refractivity contribution in [3.05, 3.63) is 35.9 Å². The van der Waals surface area contributed by atoms with Crippen molar-refractivity contribution in [3.63, 3.8) is 0 Å². The van der Waals surface area contributed by atoms with Gasteiger partial charge < -0.3 is 5.32 Å². The summed E-state index contributed by atoms with van der Waals surface area (Å²) in [4.78, 5) is 2.31. The summed E-state index contributed by atoms with van der Waals surface area (Å²) in [5, 5.41) is 12.9. The van der Waals surface area contributed by atoms with E-state index in [2.05, 4.69) is 46.6 Å². The fraction of sp³-hybridized carbons (Fsp3) is 0.632. The lowest BCUT2D eigenvalue weighted by Crippen LogP contribution is -2.49. The van der Waals surface area contributed by atoms with Crippen molar-refractivity contribution >= 4 is 0 Å². The lowest BCUT2D eigenvalue weighted by atomic mass is 9.88. The molecule has 1 aliphatic carbocycles. The van der Waals surface area contributed by atoms with Crippen LogP contribution >= 0.6 is 0 Å². The summed E-state index contributed by atoms with van der Waals surface area (Å²) in [6.45, 7) is 3.74. The number of piperidine rings is 1. The minimum Gasteiger partial charge on any atom is -0.312 e. The zero-order valence-electron chi connectivity index (χ0n) is 13.4. The molecule has 2 unspecified atom stereocenters. The number of hydrogen-bond acceptors (Lipinski definition) is 3. The van der Waals surface area contributed by atoms with Crippen LogP contribution in [-0.2, 0) is 0 Å². The molecule has 0 radical (unpaired) electrons. The van der Waals surface area contributed by atoms with Crippen LogP contribution in [0.25, 0.3) is 0 Å². The molecule has 1 saturated heterocycles. The zero-order valence-corrected chi connectivity index (χ0v) is 13.4. The van der Waals surface area contributed by atoms with Crippen LogP contribution in [-0.4, -0.2) is 37.1 Å². The maximum absolute atomic E-state index is 9.05. The minimum atomic E-state index is 0.521. The Morgan fingerprint density at radius 3 is 2.64 bits per heavy atom. The molecule has 1 aromatic rings. The second-order valence-corrected chi connectivity index (χ2v) is 6.95. The summed E-state index contributed by atoms with van der Waals surface area (Å²) in [5.74, 6) is 1.42. The van der Waals surface area contributed by atoms with Gasteiger partial charge in [-0.2, -0.15) is 5.26 Å². The molecular weight excluding hydrogens is 270 g/mol. The Hall–Kier alpha value is -1.37. The van der Waals surface area contributed by atoms with Gasteiger partial charge in [0, 0.05) is 19.1 Å². The van der Waals surface area contributed by atoms with Gasteiger partial charge in [-0.05, 0) is 43.2 Å². The van der Waals surface area contributed by atoms with Gasteiger partial charge in [0.25, 0.3) is 0 Å². The van der Waals surface area contributed by atoms with Gasteiger partial charge in [-0.25, -0.2) is 0 Å². The number of nitrogens with one attached hydrogen (secondary N) is 1. The Morgan fingerprint density at radius 2 is 1.91 bits per heavy atom. The lowest BCUT2D eigenvalue weighted by Gasteiger charge is -2.37. The van der Waals surface area contributed by atoms with E-state index in [1.54, 1.807) is 0 Å². The van der Waals surface area contributed by atoms with Crippen LogP contribution < -0.4 is 5.32 Å². The van der Waals surface area contributed by atoms with Crippen LogP contribution in [0.2, 0.25) is 0 Å². The lowest BCUT2D eigenvalue weighted by molar-refractivity contribution is 0.185. The molecule has 0 amide bonds. The largest absolute Gasteiger partial charge is 0.312 e. The normalized spacial score (nSPS) is 26.9. The van der Waals surface area contributed by atoms with E-state index >= 15 is 0 Å². The monoisotopic (exact) mass is 297 g/mol. The average molecular weight is 297 g/mol. The van der Waals surface area contributed by atoms with Gasteiger partial charge in [0.2, 0.25) is 0 Å². The Kier molecular flexibility index (Phi) is 5.48. The van der Waals surface area contributed by atoms with Crippen molar-refractivity contribution in [2.75, 3.05) is 26.2 Å². The summed E-state index contributed by atoms with van der Waals surface area (Å²) in [5.41, 5.74) is 1.41. The summed E-state index contributed by atoms with van der Waals surface area (Å²) < 4.78 is 0. The van der Waals surface area contributed by atoms with Gasteiger partial charge in [0.05, 0.1) is 12.6 Å². The Labute approximate surface area is 134 Å². The molecule has 2 atom stereocenters. The van der Waals surface area contributed by atoms with E-state index < -0.39 is 0 Å². The summed E-state index contributed by atoms with van der Waals surface area (Å²) in [6, 6.07) is 13.6. The van der Waals surface area contributed by atoms with Gasteiger partial charge >= 0.3 is 0 Å². The van der Waals surface area contributed by atoms with E-state index in [4.69, 9.17) is 5.26 Å². The van der Waals surface area contributed by atoms with E-state index in [-0.39, 0.29) is 0 Å². The topological polar surface area (TPSA) is 39.1 Å². The number of rotatable bonds is 5. The van der Waals surface area contributed by atoms with Crippen LogP contribution in [0, 0.1) is 17.2 Å². The van der Waals surface area contributed by atoms with Gasteiger partial charge in [-0.1, -0.05) is 43.2 Å². The molecule has 1 saturated carbocycles. The number of benzene rings is 1. The first kappa shape index (κ1) is 15.5. The molecule has 3 nitrogen and oxygen atoms in total. The molecule has 0 spiro atoms. The highest BCUT2D eigenvalue weighted by molar-refractivity contribution is 5.21. The van der Waals surface area contributed by atoms with E-state index in [1.165, 1.54) is 37.7 Å². The van der Waals surface area contributed by atoms with E-state index in [0.29, 0.717) is 18.5 Å². The molecule has 1 aromatic carbocycles. The van der Waals surface area contributed by atoms with E-state index in [9.17, 15) is 0 Å². The highest BCUT2D eigenvalue weighted by atomic mass is 15.2. The number of nitrogens with zero attached hydrogens (tertiary/aromatic N) is 2. The smallest absolute Gasteiger partial charge is 0.0866 e. The van der Waals surface area contributed by atoms with Crippen LogP contribution in [0.15, 0.2) is 30.3 Å². The highest BCUT2D eigenvalue weighted by Crippen LogP contribution is 2.28. The van der Waals surface area contributed by atoms with Crippen molar-refractivity contribution in [1.82, 2.24) is 10.2 Å². The van der Waals surface area contributed by atoms with Gasteiger partial charge in [-0.15, -0.1) is 0 Å². The molecule has 2 aliphatic rings. The highest BCUT2D eigenvalue weighted by Gasteiger charge is 2.28. The third-order valence-electron chi connectivity index (χ3n) is 5.26. The van der Waals surface area contributed by atoms with Crippen molar-refractivity contribution in [2.45, 2.75) is 44.1 Å². The first-order valence-corrected chi connectivity index (χ1v) is 8.73. The molecule has 22 heavy (non-hydrogen) atoms. The molecule has 3 rings (SSSR count). The number of nitriles is 1. The fourth-order valence-corrected chi connectivity index (χ4v) is 4.08. The Bertz CT molecular complexity index is 487. The Morgan fingerprint density at radius 1 is 1.14 bits per heavy atom. The second kappa shape index (κ2) is 7.76. The maximum Gasteiger partial charge on any atom is 0.0866 e. The predicted octanol–water partition coefficient (Wildman–Crippen LogP) is 3.15. The molecule has 1 aliphatic heterocycles. The molecule has 118 valence electrons. The predicted molar refractivity (Wildman–Crippen MR) is 89.6 cm³/mol. The Balaban J connectivity index is 1.60. The van der Waals surface area contributed by atoms with E-state index in [1.807, 2.05) is 0 Å². The first-order chi connectivity index (χ1) is 10.8. The second-order valence-electron chi connectivity index (χ2n) is 6.95. The zero-order chi connectivity index (χ0) is 15.2. The van der Waals surface area contributed by atoms with Crippen molar-refractivity contribution in [1.29, 1.82) is 5.26 Å².